The number of esters is 1. The Morgan fingerprint density at radius 1 is 1.43 bits per heavy atom. The molecule has 1 aliphatic heterocycles. The molecule has 1 aliphatic rings. The van der Waals surface area contributed by atoms with E-state index in [1.54, 1.807) is 0 Å². The average molecular weight is 341 g/mol. The van der Waals surface area contributed by atoms with E-state index in [4.69, 9.17) is 25.8 Å². The number of benzene rings is 1. The first kappa shape index (κ1) is 18.2. The fourth-order valence-electron chi connectivity index (χ4n) is 2.54. The van der Waals surface area contributed by atoms with Crippen LogP contribution in [0, 0.1) is 0 Å². The van der Waals surface area contributed by atoms with Gasteiger partial charge in [0.15, 0.2) is 0 Å². The molecule has 0 radical (unpaired) electrons. The van der Waals surface area contributed by atoms with Gasteiger partial charge in [0.05, 0.1) is 25.9 Å². The van der Waals surface area contributed by atoms with Gasteiger partial charge in [0, 0.05) is 11.4 Å². The highest BCUT2D eigenvalue weighted by molar-refractivity contribution is 6.30. The summed E-state index contributed by atoms with van der Waals surface area (Å²) in [6.07, 6.45) is 3.15. The van der Waals surface area contributed by atoms with Crippen LogP contribution in [0.15, 0.2) is 18.2 Å². The second kappa shape index (κ2) is 9.26. The van der Waals surface area contributed by atoms with Crippen molar-refractivity contribution in [2.75, 3.05) is 19.8 Å². The molecule has 1 aromatic rings. The van der Waals surface area contributed by atoms with Crippen LogP contribution in [0.5, 0.6) is 0 Å². The molecule has 2 rings (SSSR count). The van der Waals surface area contributed by atoms with Gasteiger partial charge >= 0.3 is 5.97 Å². The Morgan fingerprint density at radius 2 is 2.22 bits per heavy atom. The van der Waals surface area contributed by atoms with Crippen molar-refractivity contribution in [3.63, 3.8) is 0 Å². The summed E-state index contributed by atoms with van der Waals surface area (Å²) < 4.78 is 16.3. The van der Waals surface area contributed by atoms with E-state index in [2.05, 4.69) is 6.92 Å². The normalized spacial score (nSPS) is 17.8. The molecule has 0 aliphatic carbocycles. The van der Waals surface area contributed by atoms with Gasteiger partial charge in [-0.15, -0.1) is 0 Å². The molecule has 128 valence electrons. The van der Waals surface area contributed by atoms with Gasteiger partial charge < -0.3 is 14.2 Å². The van der Waals surface area contributed by atoms with Crippen molar-refractivity contribution < 1.29 is 19.0 Å². The molecule has 1 saturated heterocycles. The number of hydrogen-bond acceptors (Lipinski definition) is 4. The lowest BCUT2D eigenvalue weighted by Crippen LogP contribution is -2.12. The zero-order chi connectivity index (χ0) is 16.7. The Morgan fingerprint density at radius 3 is 2.87 bits per heavy atom. The van der Waals surface area contributed by atoms with Crippen molar-refractivity contribution >= 4 is 17.6 Å². The molecule has 1 fully saturated rings. The number of hydrogen-bond donors (Lipinski definition) is 0. The summed E-state index contributed by atoms with van der Waals surface area (Å²) in [5.74, 6) is -0.173. The Balaban J connectivity index is 2.08. The molecular formula is C18H25ClO4. The molecule has 0 spiro atoms. The van der Waals surface area contributed by atoms with Crippen LogP contribution in [0.25, 0.3) is 0 Å². The molecule has 2 atom stereocenters. The number of carbonyl (C=O) groups is 1. The Bertz CT molecular complexity index is 514. The molecule has 23 heavy (non-hydrogen) atoms. The van der Waals surface area contributed by atoms with Crippen molar-refractivity contribution in [1.29, 1.82) is 0 Å². The lowest BCUT2D eigenvalue weighted by Gasteiger charge is -2.21. The number of carbonyl (C=O) groups excluding carboxylic acids is 1. The molecule has 0 bridgehead atoms. The number of aryl methyl sites for hydroxylation is 1. The van der Waals surface area contributed by atoms with E-state index in [1.807, 2.05) is 25.1 Å². The zero-order valence-electron chi connectivity index (χ0n) is 13.8. The SMILES string of the molecule is CCC[C@@H](OCC1CO1)c1cc(Cl)ccc1CCC(=O)OCC. The third-order valence-corrected chi connectivity index (χ3v) is 4.03. The quantitative estimate of drug-likeness (QED) is 0.475. The van der Waals surface area contributed by atoms with E-state index < -0.39 is 0 Å². The van der Waals surface area contributed by atoms with E-state index in [-0.39, 0.29) is 18.2 Å². The van der Waals surface area contributed by atoms with Gasteiger partial charge in [-0.25, -0.2) is 0 Å². The third kappa shape index (κ3) is 6.13. The second-order valence-electron chi connectivity index (χ2n) is 5.71. The lowest BCUT2D eigenvalue weighted by molar-refractivity contribution is -0.143. The predicted molar refractivity (Wildman–Crippen MR) is 89.7 cm³/mol. The van der Waals surface area contributed by atoms with E-state index in [1.165, 1.54) is 0 Å². The summed E-state index contributed by atoms with van der Waals surface area (Å²) in [6, 6.07) is 5.80. The fraction of sp³-hybridized carbons (Fsp3) is 0.611. The van der Waals surface area contributed by atoms with Crippen LogP contribution >= 0.6 is 11.6 Å². The molecule has 1 aromatic carbocycles. The molecule has 0 N–H and O–H groups in total. The monoisotopic (exact) mass is 340 g/mol. The van der Waals surface area contributed by atoms with Crippen molar-refractivity contribution in [3.8, 4) is 0 Å². The number of rotatable bonds is 10. The van der Waals surface area contributed by atoms with Gasteiger partial charge in [-0.05, 0) is 43.0 Å². The van der Waals surface area contributed by atoms with Crippen LogP contribution < -0.4 is 0 Å². The average Bonchev–Trinajstić information content (AvgIpc) is 3.35. The first-order valence-electron chi connectivity index (χ1n) is 8.31. The summed E-state index contributed by atoms with van der Waals surface area (Å²) in [7, 11) is 0. The van der Waals surface area contributed by atoms with Gasteiger partial charge in [-0.2, -0.15) is 0 Å². The smallest absolute Gasteiger partial charge is 0.306 e. The van der Waals surface area contributed by atoms with Crippen molar-refractivity contribution in [1.82, 2.24) is 0 Å². The summed E-state index contributed by atoms with van der Waals surface area (Å²) in [5, 5.41) is 0.687. The minimum atomic E-state index is -0.173. The number of epoxide rings is 1. The zero-order valence-corrected chi connectivity index (χ0v) is 14.6. The minimum absolute atomic E-state index is 0.0138. The van der Waals surface area contributed by atoms with Gasteiger partial charge in [-0.1, -0.05) is 31.0 Å². The van der Waals surface area contributed by atoms with Crippen LogP contribution in [-0.2, 0) is 25.4 Å². The maximum Gasteiger partial charge on any atom is 0.306 e. The second-order valence-corrected chi connectivity index (χ2v) is 6.15. The first-order valence-corrected chi connectivity index (χ1v) is 8.69. The Labute approximate surface area is 143 Å². The van der Waals surface area contributed by atoms with Gasteiger partial charge in [0.25, 0.3) is 0 Å². The van der Waals surface area contributed by atoms with Gasteiger partial charge in [0.2, 0.25) is 0 Å². The summed E-state index contributed by atoms with van der Waals surface area (Å²) in [4.78, 5) is 11.6. The molecule has 0 saturated carbocycles. The van der Waals surface area contributed by atoms with E-state index in [9.17, 15) is 4.79 Å². The van der Waals surface area contributed by atoms with Crippen molar-refractivity contribution in [2.24, 2.45) is 0 Å². The van der Waals surface area contributed by atoms with Gasteiger partial charge in [0.1, 0.15) is 6.10 Å². The standard InChI is InChI=1S/C18H25ClO4/c1-3-5-17(23-12-15-11-22-15)16-10-14(19)8-6-13(16)7-9-18(20)21-4-2/h6,8,10,15,17H,3-5,7,9,11-12H2,1-2H3/t15?,17-/m1/s1. The van der Waals surface area contributed by atoms with Crippen molar-refractivity contribution in [2.45, 2.75) is 51.7 Å². The van der Waals surface area contributed by atoms with Crippen LogP contribution in [-0.4, -0.2) is 31.9 Å². The van der Waals surface area contributed by atoms with Gasteiger partial charge in [-0.3, -0.25) is 4.79 Å². The Hall–Kier alpha value is -1.10. The highest BCUT2D eigenvalue weighted by atomic mass is 35.5. The van der Waals surface area contributed by atoms with Crippen molar-refractivity contribution in [3.05, 3.63) is 34.3 Å². The molecule has 1 unspecified atom stereocenters. The first-order chi connectivity index (χ1) is 11.1. The molecule has 5 heteroatoms. The van der Waals surface area contributed by atoms with E-state index in [0.29, 0.717) is 31.1 Å². The van der Waals surface area contributed by atoms with E-state index in [0.717, 1.165) is 30.6 Å². The lowest BCUT2D eigenvalue weighted by atomic mass is 9.96. The van der Waals surface area contributed by atoms with Crippen LogP contribution in [0.1, 0.15) is 50.3 Å². The largest absolute Gasteiger partial charge is 0.466 e. The molecule has 0 amide bonds. The molecular weight excluding hydrogens is 316 g/mol. The van der Waals surface area contributed by atoms with Crippen LogP contribution in [0.4, 0.5) is 0 Å². The maximum atomic E-state index is 11.6. The highest BCUT2D eigenvalue weighted by Gasteiger charge is 2.25. The van der Waals surface area contributed by atoms with Crippen LogP contribution in [0.3, 0.4) is 0 Å². The molecule has 1 heterocycles. The minimum Gasteiger partial charge on any atom is -0.466 e. The summed E-state index contributed by atoms with van der Waals surface area (Å²) in [6.45, 7) is 5.75. The maximum absolute atomic E-state index is 11.6. The third-order valence-electron chi connectivity index (χ3n) is 3.80. The fourth-order valence-corrected chi connectivity index (χ4v) is 2.72. The summed E-state index contributed by atoms with van der Waals surface area (Å²) in [5.41, 5.74) is 2.17. The topological polar surface area (TPSA) is 48.1 Å². The number of ether oxygens (including phenoxy) is 3. The Kier molecular flexibility index (Phi) is 7.34. The predicted octanol–water partition coefficient (Wildman–Crippen LogP) is 4.09. The molecule has 4 nitrogen and oxygen atoms in total. The van der Waals surface area contributed by atoms with E-state index >= 15 is 0 Å². The summed E-state index contributed by atoms with van der Waals surface area (Å²) >= 11 is 6.18. The molecule has 0 aromatic heterocycles. The van der Waals surface area contributed by atoms with Crippen LogP contribution in [0.2, 0.25) is 5.02 Å². The highest BCUT2D eigenvalue weighted by Crippen LogP contribution is 2.30. The number of halogens is 1.